The fraction of sp³-hybridized carbons (Fsp3) is 0.167. The summed E-state index contributed by atoms with van der Waals surface area (Å²) in [5, 5.41) is 12.2. The molecular formula is C18H17NO5. The van der Waals surface area contributed by atoms with Crippen LogP contribution in [0.25, 0.3) is 0 Å². The third-order valence-electron chi connectivity index (χ3n) is 3.34. The molecule has 0 spiro atoms. The lowest BCUT2D eigenvalue weighted by Gasteiger charge is -2.15. The molecule has 2 aromatic rings. The number of ether oxygens (including phenoxy) is 1. The summed E-state index contributed by atoms with van der Waals surface area (Å²) >= 11 is 0. The molecule has 6 heteroatoms. The highest BCUT2D eigenvalue weighted by molar-refractivity contribution is 6.05. The SMILES string of the molecule is CC(=O)c1ccccc1NC(=O)C(C)OC(=O)c1ccccc1O. The van der Waals surface area contributed by atoms with Crippen molar-refractivity contribution in [3.05, 3.63) is 59.7 Å². The van der Waals surface area contributed by atoms with Crippen molar-refractivity contribution in [2.45, 2.75) is 20.0 Å². The lowest BCUT2D eigenvalue weighted by Crippen LogP contribution is -2.30. The maximum absolute atomic E-state index is 12.2. The molecule has 0 radical (unpaired) electrons. The summed E-state index contributed by atoms with van der Waals surface area (Å²) in [5.74, 6) is -1.80. The summed E-state index contributed by atoms with van der Waals surface area (Å²) in [6.07, 6.45) is -1.10. The number of phenolic OH excluding ortho intramolecular Hbond substituents is 1. The highest BCUT2D eigenvalue weighted by Crippen LogP contribution is 2.19. The standard InChI is InChI=1S/C18H17NO5/c1-11(20)13-7-3-5-9-15(13)19-17(22)12(2)24-18(23)14-8-4-6-10-16(14)21/h3-10,12,21H,1-2H3,(H,19,22). The Labute approximate surface area is 139 Å². The number of hydrogen-bond donors (Lipinski definition) is 2. The van der Waals surface area contributed by atoms with E-state index in [0.29, 0.717) is 11.3 Å². The van der Waals surface area contributed by atoms with Gasteiger partial charge in [-0.15, -0.1) is 0 Å². The Morgan fingerprint density at radius 3 is 2.21 bits per heavy atom. The number of rotatable bonds is 5. The maximum Gasteiger partial charge on any atom is 0.342 e. The molecule has 1 amide bonds. The van der Waals surface area contributed by atoms with Gasteiger partial charge in [-0.2, -0.15) is 0 Å². The molecule has 2 N–H and O–H groups in total. The third kappa shape index (κ3) is 3.98. The van der Waals surface area contributed by atoms with Crippen LogP contribution in [0.15, 0.2) is 48.5 Å². The van der Waals surface area contributed by atoms with Crippen molar-refractivity contribution in [1.82, 2.24) is 0 Å². The zero-order valence-electron chi connectivity index (χ0n) is 13.3. The van der Waals surface area contributed by atoms with E-state index in [0.717, 1.165) is 0 Å². The van der Waals surface area contributed by atoms with Crippen LogP contribution in [-0.4, -0.2) is 28.9 Å². The Morgan fingerprint density at radius 2 is 1.58 bits per heavy atom. The molecule has 0 aliphatic heterocycles. The van der Waals surface area contributed by atoms with Gasteiger partial charge in [0.15, 0.2) is 11.9 Å². The minimum Gasteiger partial charge on any atom is -0.507 e. The molecule has 2 rings (SSSR count). The van der Waals surface area contributed by atoms with Gasteiger partial charge in [0.1, 0.15) is 11.3 Å². The number of ketones is 1. The van der Waals surface area contributed by atoms with Gasteiger partial charge in [-0.05, 0) is 38.1 Å². The predicted molar refractivity (Wildman–Crippen MR) is 88.1 cm³/mol. The summed E-state index contributed by atoms with van der Waals surface area (Å²) < 4.78 is 5.06. The number of carbonyl (C=O) groups excluding carboxylic acids is 3. The van der Waals surface area contributed by atoms with Gasteiger partial charge in [0.25, 0.3) is 5.91 Å². The molecular weight excluding hydrogens is 310 g/mol. The molecule has 6 nitrogen and oxygen atoms in total. The molecule has 0 heterocycles. The number of para-hydroxylation sites is 2. The lowest BCUT2D eigenvalue weighted by molar-refractivity contribution is -0.123. The monoisotopic (exact) mass is 327 g/mol. The van der Waals surface area contributed by atoms with Crippen LogP contribution in [0.5, 0.6) is 5.75 Å². The van der Waals surface area contributed by atoms with E-state index in [4.69, 9.17) is 4.74 Å². The average molecular weight is 327 g/mol. The van der Waals surface area contributed by atoms with Crippen molar-refractivity contribution in [2.75, 3.05) is 5.32 Å². The first-order valence-corrected chi connectivity index (χ1v) is 7.30. The summed E-state index contributed by atoms with van der Waals surface area (Å²) in [5.41, 5.74) is 0.687. The van der Waals surface area contributed by atoms with Gasteiger partial charge < -0.3 is 15.2 Å². The van der Waals surface area contributed by atoms with Gasteiger partial charge in [0.2, 0.25) is 0 Å². The van der Waals surface area contributed by atoms with E-state index >= 15 is 0 Å². The maximum atomic E-state index is 12.2. The molecule has 1 unspecified atom stereocenters. The number of hydrogen-bond acceptors (Lipinski definition) is 5. The Balaban J connectivity index is 2.07. The van der Waals surface area contributed by atoms with Gasteiger partial charge in [0, 0.05) is 5.56 Å². The highest BCUT2D eigenvalue weighted by atomic mass is 16.5. The van der Waals surface area contributed by atoms with Crippen molar-refractivity contribution in [3.63, 3.8) is 0 Å². The number of benzene rings is 2. The zero-order chi connectivity index (χ0) is 17.7. The van der Waals surface area contributed by atoms with Crippen molar-refractivity contribution in [2.24, 2.45) is 0 Å². The third-order valence-corrected chi connectivity index (χ3v) is 3.34. The number of amides is 1. The second kappa shape index (κ2) is 7.41. The molecule has 0 aliphatic rings. The molecule has 0 aliphatic carbocycles. The fourth-order valence-corrected chi connectivity index (χ4v) is 2.06. The fourth-order valence-electron chi connectivity index (χ4n) is 2.06. The van der Waals surface area contributed by atoms with Crippen LogP contribution in [0.2, 0.25) is 0 Å². The Bertz CT molecular complexity index is 784. The molecule has 0 saturated heterocycles. The van der Waals surface area contributed by atoms with Gasteiger partial charge in [-0.3, -0.25) is 9.59 Å². The summed E-state index contributed by atoms with van der Waals surface area (Å²) in [7, 11) is 0. The molecule has 0 bridgehead atoms. The first-order valence-electron chi connectivity index (χ1n) is 7.30. The average Bonchev–Trinajstić information content (AvgIpc) is 2.55. The zero-order valence-corrected chi connectivity index (χ0v) is 13.3. The second-order valence-corrected chi connectivity index (χ2v) is 5.16. The number of phenols is 1. The van der Waals surface area contributed by atoms with Gasteiger partial charge >= 0.3 is 5.97 Å². The van der Waals surface area contributed by atoms with E-state index in [1.807, 2.05) is 0 Å². The first-order chi connectivity index (χ1) is 11.4. The van der Waals surface area contributed by atoms with Crippen LogP contribution < -0.4 is 5.32 Å². The van der Waals surface area contributed by atoms with Crippen LogP contribution in [0.4, 0.5) is 5.69 Å². The quantitative estimate of drug-likeness (QED) is 0.651. The van der Waals surface area contributed by atoms with E-state index in [9.17, 15) is 19.5 Å². The van der Waals surface area contributed by atoms with Gasteiger partial charge in [0.05, 0.1) is 5.69 Å². The number of anilines is 1. The van der Waals surface area contributed by atoms with Crippen molar-refractivity contribution in [1.29, 1.82) is 0 Å². The number of esters is 1. The second-order valence-electron chi connectivity index (χ2n) is 5.16. The minimum atomic E-state index is -1.10. The molecule has 0 aromatic heterocycles. The normalized spacial score (nSPS) is 11.4. The number of carbonyl (C=O) groups is 3. The molecule has 124 valence electrons. The molecule has 0 saturated carbocycles. The van der Waals surface area contributed by atoms with Crippen LogP contribution >= 0.6 is 0 Å². The van der Waals surface area contributed by atoms with Crippen LogP contribution in [-0.2, 0) is 9.53 Å². The summed E-state index contributed by atoms with van der Waals surface area (Å²) in [6.45, 7) is 2.80. The van der Waals surface area contributed by atoms with Gasteiger partial charge in [-0.25, -0.2) is 4.79 Å². The molecule has 1 atom stereocenters. The van der Waals surface area contributed by atoms with Crippen LogP contribution in [0, 0.1) is 0 Å². The summed E-state index contributed by atoms with van der Waals surface area (Å²) in [6, 6.07) is 12.4. The van der Waals surface area contributed by atoms with Crippen molar-refractivity contribution >= 4 is 23.3 Å². The van der Waals surface area contributed by atoms with Crippen molar-refractivity contribution < 1.29 is 24.2 Å². The smallest absolute Gasteiger partial charge is 0.342 e. The number of aromatic hydroxyl groups is 1. The predicted octanol–water partition coefficient (Wildman–Crippen LogP) is 2.78. The van der Waals surface area contributed by atoms with E-state index < -0.39 is 18.0 Å². The molecule has 0 fully saturated rings. The Kier molecular flexibility index (Phi) is 5.31. The lowest BCUT2D eigenvalue weighted by atomic mass is 10.1. The van der Waals surface area contributed by atoms with E-state index in [2.05, 4.69) is 5.32 Å². The first kappa shape index (κ1) is 17.2. The van der Waals surface area contributed by atoms with E-state index in [1.165, 1.54) is 26.0 Å². The number of nitrogens with one attached hydrogen (secondary N) is 1. The van der Waals surface area contributed by atoms with Crippen LogP contribution in [0.3, 0.4) is 0 Å². The van der Waals surface area contributed by atoms with E-state index in [-0.39, 0.29) is 17.1 Å². The summed E-state index contributed by atoms with van der Waals surface area (Å²) in [4.78, 5) is 35.7. The van der Waals surface area contributed by atoms with Crippen LogP contribution in [0.1, 0.15) is 34.6 Å². The van der Waals surface area contributed by atoms with E-state index in [1.54, 1.807) is 36.4 Å². The molecule has 2 aromatic carbocycles. The topological polar surface area (TPSA) is 92.7 Å². The van der Waals surface area contributed by atoms with Crippen molar-refractivity contribution in [3.8, 4) is 5.75 Å². The molecule has 24 heavy (non-hydrogen) atoms. The largest absolute Gasteiger partial charge is 0.507 e. The number of Topliss-reactive ketones (excluding diaryl/α,β-unsaturated/α-hetero) is 1. The highest BCUT2D eigenvalue weighted by Gasteiger charge is 2.21. The Hall–Kier alpha value is -3.15. The Morgan fingerprint density at radius 1 is 1.00 bits per heavy atom. The minimum absolute atomic E-state index is 0.0266. The van der Waals surface area contributed by atoms with Gasteiger partial charge in [-0.1, -0.05) is 24.3 Å².